The zero-order chi connectivity index (χ0) is 13.0. The molecule has 2 unspecified atom stereocenters. The zero-order valence-electron chi connectivity index (χ0n) is 10.7. The molecule has 1 N–H and O–H groups in total. The van der Waals surface area contributed by atoms with Crippen molar-refractivity contribution in [3.8, 4) is 0 Å². The van der Waals surface area contributed by atoms with Crippen molar-refractivity contribution < 1.29 is 9.90 Å². The van der Waals surface area contributed by atoms with Gasteiger partial charge >= 0.3 is 0 Å². The summed E-state index contributed by atoms with van der Waals surface area (Å²) in [5.74, 6) is 0.422. The lowest BCUT2D eigenvalue weighted by Gasteiger charge is -2.34. The third-order valence-electron chi connectivity index (χ3n) is 3.52. The van der Waals surface area contributed by atoms with Crippen LogP contribution in [0.4, 0.5) is 0 Å². The quantitative estimate of drug-likeness (QED) is 0.836. The van der Waals surface area contributed by atoms with Crippen molar-refractivity contribution in [1.29, 1.82) is 0 Å². The Kier molecular flexibility index (Phi) is 4.30. The van der Waals surface area contributed by atoms with E-state index < -0.39 is 0 Å². The number of aliphatic hydroxyl groups is 1. The van der Waals surface area contributed by atoms with Crippen LogP contribution in [0.25, 0.3) is 0 Å². The van der Waals surface area contributed by atoms with Gasteiger partial charge in [-0.3, -0.25) is 9.48 Å². The van der Waals surface area contributed by atoms with E-state index in [9.17, 15) is 9.90 Å². The maximum atomic E-state index is 11.9. The van der Waals surface area contributed by atoms with E-state index in [1.54, 1.807) is 15.9 Å². The largest absolute Gasteiger partial charge is 0.391 e. The lowest BCUT2D eigenvalue weighted by molar-refractivity contribution is -0.135. The normalized spacial score (nSPS) is 24.2. The number of aromatic nitrogens is 3. The number of piperidine rings is 1. The molecule has 0 spiro atoms. The van der Waals surface area contributed by atoms with Crippen LogP contribution >= 0.6 is 0 Å². The molecule has 2 atom stereocenters. The van der Waals surface area contributed by atoms with Gasteiger partial charge in [-0.1, -0.05) is 6.92 Å². The third-order valence-corrected chi connectivity index (χ3v) is 3.52. The number of rotatable bonds is 4. The van der Waals surface area contributed by atoms with Crippen LogP contribution < -0.4 is 0 Å². The number of aryl methyl sites for hydroxylation is 1. The first-order valence-electron chi connectivity index (χ1n) is 6.45. The van der Waals surface area contributed by atoms with E-state index >= 15 is 0 Å². The van der Waals surface area contributed by atoms with Crippen molar-refractivity contribution in [3.05, 3.63) is 12.7 Å². The lowest BCUT2D eigenvalue weighted by atomic mass is 9.96. The molecular weight excluding hydrogens is 232 g/mol. The number of hydrogen-bond donors (Lipinski definition) is 1. The highest BCUT2D eigenvalue weighted by Crippen LogP contribution is 2.17. The van der Waals surface area contributed by atoms with E-state index in [0.717, 1.165) is 19.4 Å². The molecule has 100 valence electrons. The zero-order valence-corrected chi connectivity index (χ0v) is 10.7. The summed E-state index contributed by atoms with van der Waals surface area (Å²) in [6.07, 6.45) is 4.90. The van der Waals surface area contributed by atoms with Gasteiger partial charge in [-0.2, -0.15) is 5.10 Å². The second kappa shape index (κ2) is 5.95. The van der Waals surface area contributed by atoms with Crippen molar-refractivity contribution in [1.82, 2.24) is 19.7 Å². The summed E-state index contributed by atoms with van der Waals surface area (Å²) < 4.78 is 1.72. The first kappa shape index (κ1) is 13.0. The Hall–Kier alpha value is -1.43. The Morgan fingerprint density at radius 1 is 1.56 bits per heavy atom. The summed E-state index contributed by atoms with van der Waals surface area (Å²) >= 11 is 0. The average molecular weight is 252 g/mol. The number of nitrogens with zero attached hydrogens (tertiary/aromatic N) is 4. The van der Waals surface area contributed by atoms with Gasteiger partial charge in [-0.15, -0.1) is 0 Å². The molecule has 0 radical (unpaired) electrons. The topological polar surface area (TPSA) is 71.2 Å². The molecule has 0 aliphatic carbocycles. The number of amides is 1. The van der Waals surface area contributed by atoms with Crippen LogP contribution in [-0.2, 0) is 11.3 Å². The highest BCUT2D eigenvalue weighted by molar-refractivity contribution is 5.76. The molecule has 2 heterocycles. The molecule has 6 heteroatoms. The molecule has 1 aliphatic heterocycles. The van der Waals surface area contributed by atoms with Crippen LogP contribution in [0, 0.1) is 5.92 Å². The number of likely N-dealkylation sites (tertiary alicyclic amines) is 1. The second-order valence-corrected chi connectivity index (χ2v) is 4.94. The first-order valence-corrected chi connectivity index (χ1v) is 6.45. The fraction of sp³-hybridized carbons (Fsp3) is 0.750. The smallest absolute Gasteiger partial charge is 0.222 e. The third kappa shape index (κ3) is 3.29. The molecule has 1 aliphatic rings. The van der Waals surface area contributed by atoms with E-state index in [4.69, 9.17) is 0 Å². The van der Waals surface area contributed by atoms with Crippen LogP contribution in [0.5, 0.6) is 0 Å². The van der Waals surface area contributed by atoms with E-state index in [2.05, 4.69) is 10.1 Å². The van der Waals surface area contributed by atoms with Crippen LogP contribution in [0.3, 0.4) is 0 Å². The van der Waals surface area contributed by atoms with Crippen molar-refractivity contribution in [2.45, 2.75) is 38.8 Å². The van der Waals surface area contributed by atoms with E-state index in [1.165, 1.54) is 6.33 Å². The van der Waals surface area contributed by atoms with Gasteiger partial charge in [0.25, 0.3) is 0 Å². The summed E-state index contributed by atoms with van der Waals surface area (Å²) in [5, 5.41) is 13.7. The molecule has 18 heavy (non-hydrogen) atoms. The standard InChI is InChI=1S/C12H20N4O2/c1-10-4-6-15(7-11(10)17)12(18)3-2-5-16-9-13-8-14-16/h8-11,17H,2-7H2,1H3. The Morgan fingerprint density at radius 3 is 3.06 bits per heavy atom. The van der Waals surface area contributed by atoms with Gasteiger partial charge in [-0.25, -0.2) is 4.98 Å². The van der Waals surface area contributed by atoms with Crippen molar-refractivity contribution in [2.24, 2.45) is 5.92 Å². The summed E-state index contributed by atoms with van der Waals surface area (Å²) in [6.45, 7) is 3.97. The number of carbonyl (C=O) groups excluding carboxylic acids is 1. The van der Waals surface area contributed by atoms with Gasteiger partial charge in [0, 0.05) is 26.1 Å². The van der Waals surface area contributed by atoms with Gasteiger partial charge in [0.1, 0.15) is 12.7 Å². The SMILES string of the molecule is CC1CCN(C(=O)CCCn2cncn2)CC1O. The highest BCUT2D eigenvalue weighted by Gasteiger charge is 2.26. The number of β-amino-alcohol motifs (C(OH)–C–C–N with tert-alkyl or cyclic N) is 1. The monoisotopic (exact) mass is 252 g/mol. The molecule has 1 fully saturated rings. The summed E-state index contributed by atoms with van der Waals surface area (Å²) in [6, 6.07) is 0. The maximum absolute atomic E-state index is 11.9. The lowest BCUT2D eigenvalue weighted by Crippen LogP contribution is -2.45. The van der Waals surface area contributed by atoms with Crippen LogP contribution in [0.1, 0.15) is 26.2 Å². The fourth-order valence-corrected chi connectivity index (χ4v) is 2.17. The van der Waals surface area contributed by atoms with Crippen LogP contribution in [0.2, 0.25) is 0 Å². The molecule has 1 amide bonds. The predicted molar refractivity (Wildman–Crippen MR) is 65.6 cm³/mol. The number of hydrogen-bond acceptors (Lipinski definition) is 4. The van der Waals surface area contributed by atoms with Gasteiger partial charge in [0.15, 0.2) is 0 Å². The molecule has 0 aromatic carbocycles. The number of aliphatic hydroxyl groups excluding tert-OH is 1. The molecule has 6 nitrogen and oxygen atoms in total. The molecule has 1 aromatic rings. The minimum atomic E-state index is -0.377. The summed E-state index contributed by atoms with van der Waals surface area (Å²) in [5.41, 5.74) is 0. The van der Waals surface area contributed by atoms with Crippen molar-refractivity contribution in [3.63, 3.8) is 0 Å². The average Bonchev–Trinajstić information content (AvgIpc) is 2.85. The Labute approximate surface area is 107 Å². The fourth-order valence-electron chi connectivity index (χ4n) is 2.17. The molecular formula is C12H20N4O2. The van der Waals surface area contributed by atoms with Gasteiger partial charge < -0.3 is 10.0 Å². The molecule has 1 saturated heterocycles. The molecule has 1 aromatic heterocycles. The van der Waals surface area contributed by atoms with Gasteiger partial charge in [-0.05, 0) is 18.8 Å². The van der Waals surface area contributed by atoms with E-state index in [1.807, 2.05) is 6.92 Å². The molecule has 0 bridgehead atoms. The maximum Gasteiger partial charge on any atom is 0.222 e. The first-order chi connectivity index (χ1) is 8.66. The van der Waals surface area contributed by atoms with Gasteiger partial charge in [0.05, 0.1) is 6.10 Å². The number of carbonyl (C=O) groups is 1. The van der Waals surface area contributed by atoms with E-state index in [0.29, 0.717) is 25.4 Å². The van der Waals surface area contributed by atoms with Crippen molar-refractivity contribution in [2.75, 3.05) is 13.1 Å². The van der Waals surface area contributed by atoms with E-state index in [-0.39, 0.29) is 12.0 Å². The Bertz CT molecular complexity index is 379. The predicted octanol–water partition coefficient (Wildman–Crippen LogP) is 0.288. The Morgan fingerprint density at radius 2 is 2.39 bits per heavy atom. The van der Waals surface area contributed by atoms with Gasteiger partial charge in [0.2, 0.25) is 5.91 Å². The summed E-state index contributed by atoms with van der Waals surface area (Å²) in [4.78, 5) is 17.6. The molecule has 0 saturated carbocycles. The van der Waals surface area contributed by atoms with Crippen LogP contribution in [0.15, 0.2) is 12.7 Å². The Balaban J connectivity index is 1.71. The minimum Gasteiger partial charge on any atom is -0.391 e. The minimum absolute atomic E-state index is 0.126. The van der Waals surface area contributed by atoms with Crippen molar-refractivity contribution >= 4 is 5.91 Å². The summed E-state index contributed by atoms with van der Waals surface area (Å²) in [7, 11) is 0. The second-order valence-electron chi connectivity index (χ2n) is 4.94. The highest BCUT2D eigenvalue weighted by atomic mass is 16.3. The molecule has 2 rings (SSSR count). The van der Waals surface area contributed by atoms with Crippen LogP contribution in [-0.4, -0.2) is 49.9 Å².